The van der Waals surface area contributed by atoms with Crippen molar-refractivity contribution in [2.75, 3.05) is 6.61 Å². The molecule has 1 aliphatic heterocycles. The van der Waals surface area contributed by atoms with Crippen molar-refractivity contribution >= 4 is 5.97 Å². The molecule has 0 amide bonds. The van der Waals surface area contributed by atoms with E-state index in [-0.39, 0.29) is 6.61 Å². The number of unbranched alkanes of at least 4 members (excludes halogenated alkanes) is 4. The molecule has 0 saturated carbocycles. The molecule has 0 aromatic carbocycles. The summed E-state index contributed by atoms with van der Waals surface area (Å²) >= 11 is 0. The van der Waals surface area contributed by atoms with Crippen molar-refractivity contribution in [3.63, 3.8) is 0 Å². The van der Waals surface area contributed by atoms with Gasteiger partial charge in [0.1, 0.15) is 31.0 Å². The summed E-state index contributed by atoms with van der Waals surface area (Å²) in [5.74, 6) is -0.405. The molecule has 1 fully saturated rings. The predicted molar refractivity (Wildman–Crippen MR) is 73.2 cm³/mol. The number of esters is 1. The standard InChI is InChI=1S/C14H26O7/c1-2-3-4-5-6-7-10(15)20-8-9-11(16)12(17)13(18)14(19)21-9/h9,11-14,16-19H,2-8H2,1H3/t9-,11-,12+,13-,14?/m1/s1. The first-order valence-corrected chi connectivity index (χ1v) is 7.50. The van der Waals surface area contributed by atoms with Crippen molar-refractivity contribution in [3.8, 4) is 0 Å². The number of hydrogen-bond acceptors (Lipinski definition) is 7. The zero-order valence-electron chi connectivity index (χ0n) is 12.4. The van der Waals surface area contributed by atoms with E-state index in [1.807, 2.05) is 0 Å². The average molecular weight is 306 g/mol. The zero-order chi connectivity index (χ0) is 15.8. The van der Waals surface area contributed by atoms with Crippen LogP contribution in [0.25, 0.3) is 0 Å². The lowest BCUT2D eigenvalue weighted by Crippen LogP contribution is -2.58. The highest BCUT2D eigenvalue weighted by molar-refractivity contribution is 5.69. The van der Waals surface area contributed by atoms with E-state index in [1.165, 1.54) is 0 Å². The van der Waals surface area contributed by atoms with Gasteiger partial charge in [-0.05, 0) is 6.42 Å². The van der Waals surface area contributed by atoms with Gasteiger partial charge in [0, 0.05) is 6.42 Å². The Morgan fingerprint density at radius 1 is 1.00 bits per heavy atom. The summed E-state index contributed by atoms with van der Waals surface area (Å²) in [5.41, 5.74) is 0. The third-order valence-electron chi connectivity index (χ3n) is 3.58. The van der Waals surface area contributed by atoms with Gasteiger partial charge in [0.05, 0.1) is 0 Å². The summed E-state index contributed by atoms with van der Waals surface area (Å²) < 4.78 is 9.87. The molecule has 0 aliphatic carbocycles. The van der Waals surface area contributed by atoms with Crippen molar-refractivity contribution in [1.29, 1.82) is 0 Å². The first-order valence-electron chi connectivity index (χ1n) is 7.50. The maximum Gasteiger partial charge on any atom is 0.305 e. The predicted octanol–water partition coefficient (Wildman–Crippen LogP) is -0.310. The van der Waals surface area contributed by atoms with E-state index in [9.17, 15) is 25.2 Å². The monoisotopic (exact) mass is 306 g/mol. The van der Waals surface area contributed by atoms with E-state index in [0.717, 1.165) is 32.1 Å². The Labute approximate surface area is 124 Å². The van der Waals surface area contributed by atoms with Gasteiger partial charge in [0.2, 0.25) is 0 Å². The van der Waals surface area contributed by atoms with Gasteiger partial charge < -0.3 is 29.9 Å². The molecule has 0 bridgehead atoms. The Kier molecular flexibility index (Phi) is 8.13. The van der Waals surface area contributed by atoms with Crippen molar-refractivity contribution in [2.45, 2.75) is 76.2 Å². The van der Waals surface area contributed by atoms with E-state index in [1.54, 1.807) is 0 Å². The smallest absolute Gasteiger partial charge is 0.305 e. The molecular weight excluding hydrogens is 280 g/mol. The fraction of sp³-hybridized carbons (Fsp3) is 0.929. The first-order chi connectivity index (χ1) is 9.97. The Hall–Kier alpha value is -0.730. The Balaban J connectivity index is 2.23. The quantitative estimate of drug-likeness (QED) is 0.359. The summed E-state index contributed by atoms with van der Waals surface area (Å²) in [4.78, 5) is 11.5. The molecule has 0 aromatic rings. The van der Waals surface area contributed by atoms with Crippen LogP contribution in [0.5, 0.6) is 0 Å². The average Bonchev–Trinajstić information content (AvgIpc) is 2.47. The second-order valence-corrected chi connectivity index (χ2v) is 5.38. The minimum atomic E-state index is -1.61. The van der Waals surface area contributed by atoms with Crippen LogP contribution in [0.15, 0.2) is 0 Å². The van der Waals surface area contributed by atoms with E-state index >= 15 is 0 Å². The van der Waals surface area contributed by atoms with Gasteiger partial charge in [-0.15, -0.1) is 0 Å². The second kappa shape index (κ2) is 9.32. The lowest BCUT2D eigenvalue weighted by atomic mass is 9.99. The van der Waals surface area contributed by atoms with Crippen LogP contribution in [0.3, 0.4) is 0 Å². The highest BCUT2D eigenvalue weighted by atomic mass is 16.6. The SMILES string of the molecule is CCCCCCCC(=O)OC[C@H]1OC(O)[C@H](O)[C@@H](O)[C@@H]1O. The zero-order valence-corrected chi connectivity index (χ0v) is 12.4. The van der Waals surface area contributed by atoms with Crippen LogP contribution in [0, 0.1) is 0 Å². The van der Waals surface area contributed by atoms with Gasteiger partial charge >= 0.3 is 5.97 Å². The molecule has 7 nitrogen and oxygen atoms in total. The summed E-state index contributed by atoms with van der Waals surface area (Å²) in [6.45, 7) is 1.85. The highest BCUT2D eigenvalue weighted by Gasteiger charge is 2.43. The molecule has 5 atom stereocenters. The van der Waals surface area contributed by atoms with Gasteiger partial charge in [-0.1, -0.05) is 32.6 Å². The molecule has 1 rings (SSSR count). The molecule has 0 spiro atoms. The third kappa shape index (κ3) is 5.88. The highest BCUT2D eigenvalue weighted by Crippen LogP contribution is 2.20. The van der Waals surface area contributed by atoms with Crippen LogP contribution in [0.1, 0.15) is 45.4 Å². The molecule has 1 aliphatic rings. The molecular formula is C14H26O7. The number of aliphatic hydroxyl groups is 4. The van der Waals surface area contributed by atoms with Crippen LogP contribution < -0.4 is 0 Å². The van der Waals surface area contributed by atoms with Gasteiger partial charge in [-0.25, -0.2) is 0 Å². The number of rotatable bonds is 8. The molecule has 4 N–H and O–H groups in total. The Bertz CT molecular complexity index is 310. The molecule has 0 radical (unpaired) electrons. The maximum absolute atomic E-state index is 11.5. The molecule has 1 heterocycles. The molecule has 7 heteroatoms. The molecule has 21 heavy (non-hydrogen) atoms. The summed E-state index contributed by atoms with van der Waals surface area (Å²) in [7, 11) is 0. The molecule has 124 valence electrons. The minimum Gasteiger partial charge on any atom is -0.463 e. The van der Waals surface area contributed by atoms with Crippen LogP contribution >= 0.6 is 0 Å². The van der Waals surface area contributed by atoms with E-state index in [4.69, 9.17) is 9.47 Å². The van der Waals surface area contributed by atoms with Gasteiger partial charge in [-0.3, -0.25) is 4.79 Å². The largest absolute Gasteiger partial charge is 0.463 e. The summed E-state index contributed by atoms with van der Waals surface area (Å²) in [6, 6.07) is 0. The Morgan fingerprint density at radius 3 is 2.33 bits per heavy atom. The van der Waals surface area contributed by atoms with Crippen molar-refractivity contribution in [2.24, 2.45) is 0 Å². The van der Waals surface area contributed by atoms with Crippen LogP contribution in [0.4, 0.5) is 0 Å². The summed E-state index contributed by atoms with van der Waals surface area (Å²) in [5, 5.41) is 37.8. The topological polar surface area (TPSA) is 116 Å². The fourth-order valence-electron chi connectivity index (χ4n) is 2.19. The van der Waals surface area contributed by atoms with Gasteiger partial charge in [-0.2, -0.15) is 0 Å². The van der Waals surface area contributed by atoms with Gasteiger partial charge in [0.25, 0.3) is 0 Å². The van der Waals surface area contributed by atoms with Crippen LogP contribution in [0.2, 0.25) is 0 Å². The second-order valence-electron chi connectivity index (χ2n) is 5.38. The molecule has 0 aromatic heterocycles. The number of carbonyl (C=O) groups is 1. The van der Waals surface area contributed by atoms with Crippen LogP contribution in [-0.2, 0) is 14.3 Å². The number of hydrogen-bond donors (Lipinski definition) is 4. The third-order valence-corrected chi connectivity index (χ3v) is 3.58. The molecule has 1 unspecified atom stereocenters. The number of carbonyl (C=O) groups excluding carboxylic acids is 1. The lowest BCUT2D eigenvalue weighted by Gasteiger charge is -2.37. The first kappa shape index (κ1) is 18.3. The number of ether oxygens (including phenoxy) is 2. The fourth-order valence-corrected chi connectivity index (χ4v) is 2.19. The maximum atomic E-state index is 11.5. The van der Waals surface area contributed by atoms with E-state index in [0.29, 0.717) is 6.42 Å². The Morgan fingerprint density at radius 2 is 1.67 bits per heavy atom. The van der Waals surface area contributed by atoms with Gasteiger partial charge in [0.15, 0.2) is 6.29 Å². The normalized spacial score (nSPS) is 32.9. The minimum absolute atomic E-state index is 0.268. The number of aliphatic hydroxyl groups excluding tert-OH is 4. The summed E-state index contributed by atoms with van der Waals surface area (Å²) in [6.07, 6.45) is -1.81. The van der Waals surface area contributed by atoms with Crippen molar-refractivity contribution < 1.29 is 34.7 Å². The lowest BCUT2D eigenvalue weighted by molar-refractivity contribution is -0.287. The van der Waals surface area contributed by atoms with E-state index < -0.39 is 36.7 Å². The molecule has 1 saturated heterocycles. The van der Waals surface area contributed by atoms with Crippen LogP contribution in [-0.4, -0.2) is 63.7 Å². The van der Waals surface area contributed by atoms with Crippen molar-refractivity contribution in [1.82, 2.24) is 0 Å². The van der Waals surface area contributed by atoms with E-state index in [2.05, 4.69) is 6.92 Å². The van der Waals surface area contributed by atoms with Crippen molar-refractivity contribution in [3.05, 3.63) is 0 Å².